The summed E-state index contributed by atoms with van der Waals surface area (Å²) in [5.41, 5.74) is 5.58. The molecule has 0 saturated carbocycles. The van der Waals surface area contributed by atoms with Crippen molar-refractivity contribution in [1.29, 1.82) is 0 Å². The van der Waals surface area contributed by atoms with E-state index in [0.717, 1.165) is 72.7 Å². The second-order valence-electron chi connectivity index (χ2n) is 9.00. The van der Waals surface area contributed by atoms with Gasteiger partial charge in [0.05, 0.1) is 16.8 Å². The summed E-state index contributed by atoms with van der Waals surface area (Å²) in [6.07, 6.45) is 4.87. The highest BCUT2D eigenvalue weighted by molar-refractivity contribution is 6.37. The van der Waals surface area contributed by atoms with Crippen LogP contribution in [0.25, 0.3) is 11.6 Å². The third-order valence-electron chi connectivity index (χ3n) is 6.37. The number of nitrogens with zero attached hydrogens (tertiary/aromatic N) is 3. The average Bonchev–Trinajstić information content (AvgIpc) is 3.42. The molecule has 1 saturated heterocycles. The Morgan fingerprint density at radius 2 is 1.94 bits per heavy atom. The highest BCUT2D eigenvalue weighted by Gasteiger charge is 2.33. The molecular weight excluding hydrogens is 424 g/mol. The van der Waals surface area contributed by atoms with E-state index in [0.29, 0.717) is 17.1 Å². The molecule has 1 aromatic heterocycles. The van der Waals surface area contributed by atoms with Gasteiger partial charge in [-0.05, 0) is 83.6 Å². The van der Waals surface area contributed by atoms with Crippen molar-refractivity contribution in [3.63, 3.8) is 0 Å². The topological polar surface area (TPSA) is 59.7 Å². The molecule has 1 fully saturated rings. The SMILES string of the molecule is Cc1[nH]c(/C=C2\C(=O)N(CCCN(C)C)c3ccc(Cl)cc32)c(C)c1C(=O)N1CCCC1. The van der Waals surface area contributed by atoms with Gasteiger partial charge in [0.1, 0.15) is 0 Å². The molecule has 1 N–H and O–H groups in total. The van der Waals surface area contributed by atoms with E-state index >= 15 is 0 Å². The number of aryl methyl sites for hydroxylation is 1. The maximum absolute atomic E-state index is 13.4. The Labute approximate surface area is 194 Å². The number of carbonyl (C=O) groups excluding carboxylic acids is 2. The molecule has 0 radical (unpaired) electrons. The van der Waals surface area contributed by atoms with Gasteiger partial charge in [0.15, 0.2) is 0 Å². The van der Waals surface area contributed by atoms with E-state index in [1.54, 1.807) is 0 Å². The number of aromatic amines is 1. The number of hydrogen-bond acceptors (Lipinski definition) is 3. The van der Waals surface area contributed by atoms with E-state index in [1.165, 1.54) is 0 Å². The van der Waals surface area contributed by atoms with E-state index in [1.807, 2.05) is 62.0 Å². The number of rotatable bonds is 6. The van der Waals surface area contributed by atoms with Gasteiger partial charge in [-0.25, -0.2) is 0 Å². The van der Waals surface area contributed by atoms with E-state index in [4.69, 9.17) is 11.6 Å². The van der Waals surface area contributed by atoms with Gasteiger partial charge in [-0.1, -0.05) is 11.6 Å². The molecule has 2 aliphatic rings. The number of halogens is 1. The number of likely N-dealkylation sites (tertiary alicyclic amines) is 1. The van der Waals surface area contributed by atoms with Crippen LogP contribution < -0.4 is 4.90 Å². The third-order valence-corrected chi connectivity index (χ3v) is 6.61. The van der Waals surface area contributed by atoms with Gasteiger partial charge in [-0.3, -0.25) is 9.59 Å². The lowest BCUT2D eigenvalue weighted by Crippen LogP contribution is -2.29. The van der Waals surface area contributed by atoms with Crippen LogP contribution in [0.2, 0.25) is 5.02 Å². The molecule has 0 spiro atoms. The van der Waals surface area contributed by atoms with Crippen molar-refractivity contribution in [3.8, 4) is 0 Å². The van der Waals surface area contributed by atoms with Crippen molar-refractivity contribution in [2.24, 2.45) is 0 Å². The summed E-state index contributed by atoms with van der Waals surface area (Å²) < 4.78 is 0. The number of aromatic nitrogens is 1. The van der Waals surface area contributed by atoms with Crippen molar-refractivity contribution in [1.82, 2.24) is 14.8 Å². The summed E-state index contributed by atoms with van der Waals surface area (Å²) in [7, 11) is 4.06. The molecule has 1 aromatic carbocycles. The van der Waals surface area contributed by atoms with Crippen molar-refractivity contribution in [2.75, 3.05) is 45.2 Å². The minimum atomic E-state index is -0.0277. The second kappa shape index (κ2) is 9.12. The van der Waals surface area contributed by atoms with Gasteiger partial charge in [0.25, 0.3) is 11.8 Å². The lowest BCUT2D eigenvalue weighted by atomic mass is 10.0. The summed E-state index contributed by atoms with van der Waals surface area (Å²) in [6.45, 7) is 7.05. The van der Waals surface area contributed by atoms with Crippen molar-refractivity contribution in [2.45, 2.75) is 33.1 Å². The molecule has 2 aliphatic heterocycles. The maximum atomic E-state index is 13.4. The minimum absolute atomic E-state index is 0.0277. The summed E-state index contributed by atoms with van der Waals surface area (Å²) >= 11 is 6.29. The number of carbonyl (C=O) groups is 2. The molecule has 0 atom stereocenters. The number of amides is 2. The molecule has 0 aliphatic carbocycles. The van der Waals surface area contributed by atoms with Crippen molar-refractivity contribution < 1.29 is 9.59 Å². The lowest BCUT2D eigenvalue weighted by Gasteiger charge is -2.18. The van der Waals surface area contributed by atoms with Crippen molar-refractivity contribution in [3.05, 3.63) is 51.3 Å². The third kappa shape index (κ3) is 4.21. The molecule has 6 nitrogen and oxygen atoms in total. The van der Waals surface area contributed by atoms with Crippen LogP contribution in [0, 0.1) is 13.8 Å². The van der Waals surface area contributed by atoms with Crippen LogP contribution in [0.5, 0.6) is 0 Å². The minimum Gasteiger partial charge on any atom is -0.358 e. The zero-order valence-corrected chi connectivity index (χ0v) is 20.1. The highest BCUT2D eigenvalue weighted by Crippen LogP contribution is 2.40. The predicted molar refractivity (Wildman–Crippen MR) is 130 cm³/mol. The van der Waals surface area contributed by atoms with E-state index in [-0.39, 0.29) is 11.8 Å². The van der Waals surface area contributed by atoms with Gasteiger partial charge in [-0.2, -0.15) is 0 Å². The van der Waals surface area contributed by atoms with Crippen LogP contribution in [-0.4, -0.2) is 66.9 Å². The molecule has 170 valence electrons. The first-order chi connectivity index (χ1) is 15.3. The second-order valence-corrected chi connectivity index (χ2v) is 9.43. The monoisotopic (exact) mass is 454 g/mol. The normalized spacial score (nSPS) is 17.2. The van der Waals surface area contributed by atoms with Gasteiger partial charge in [0.2, 0.25) is 0 Å². The summed E-state index contributed by atoms with van der Waals surface area (Å²) in [4.78, 5) is 35.7. The first kappa shape index (κ1) is 22.6. The number of H-pyrrole nitrogens is 1. The Hall–Kier alpha value is -2.57. The fourth-order valence-corrected chi connectivity index (χ4v) is 4.87. The Morgan fingerprint density at radius 3 is 2.62 bits per heavy atom. The molecule has 2 amide bonds. The van der Waals surface area contributed by atoms with Crippen LogP contribution in [-0.2, 0) is 4.79 Å². The molecule has 4 rings (SSSR count). The first-order valence-corrected chi connectivity index (χ1v) is 11.6. The fourth-order valence-electron chi connectivity index (χ4n) is 4.70. The first-order valence-electron chi connectivity index (χ1n) is 11.2. The van der Waals surface area contributed by atoms with Crippen LogP contribution >= 0.6 is 11.6 Å². The van der Waals surface area contributed by atoms with Crippen LogP contribution in [0.4, 0.5) is 5.69 Å². The highest BCUT2D eigenvalue weighted by atomic mass is 35.5. The fraction of sp³-hybridized carbons (Fsp3) is 0.440. The van der Waals surface area contributed by atoms with Crippen LogP contribution in [0.15, 0.2) is 18.2 Å². The number of anilines is 1. The summed E-state index contributed by atoms with van der Waals surface area (Å²) in [6, 6.07) is 5.60. The number of benzene rings is 1. The van der Waals surface area contributed by atoms with Gasteiger partial charge in [0, 0.05) is 41.6 Å². The molecular formula is C25H31ClN4O2. The Balaban J connectivity index is 1.69. The smallest absolute Gasteiger partial charge is 0.259 e. The summed E-state index contributed by atoms with van der Waals surface area (Å²) in [5.74, 6) is 0.0463. The zero-order chi connectivity index (χ0) is 23.0. The van der Waals surface area contributed by atoms with E-state index in [2.05, 4.69) is 9.88 Å². The maximum Gasteiger partial charge on any atom is 0.259 e. The lowest BCUT2D eigenvalue weighted by molar-refractivity contribution is -0.113. The van der Waals surface area contributed by atoms with Crippen molar-refractivity contribution >= 4 is 40.8 Å². The Kier molecular flexibility index (Phi) is 6.45. The van der Waals surface area contributed by atoms with Gasteiger partial charge >= 0.3 is 0 Å². The predicted octanol–water partition coefficient (Wildman–Crippen LogP) is 4.36. The molecule has 2 aromatic rings. The summed E-state index contributed by atoms with van der Waals surface area (Å²) in [5, 5.41) is 0.599. The quantitative estimate of drug-likeness (QED) is 0.660. The largest absolute Gasteiger partial charge is 0.358 e. The van der Waals surface area contributed by atoms with Gasteiger partial charge < -0.3 is 19.7 Å². The number of nitrogens with one attached hydrogen (secondary N) is 1. The van der Waals surface area contributed by atoms with E-state index < -0.39 is 0 Å². The number of hydrogen-bond donors (Lipinski definition) is 1. The Bertz CT molecular complexity index is 1080. The van der Waals surface area contributed by atoms with Crippen LogP contribution in [0.3, 0.4) is 0 Å². The molecule has 0 bridgehead atoms. The standard InChI is InChI=1S/C25H31ClN4O2/c1-16-21(27-17(2)23(16)25(32)29-11-5-6-12-29)15-20-19-14-18(26)8-9-22(19)30(24(20)31)13-7-10-28(3)4/h8-9,14-15,27H,5-7,10-13H2,1-4H3/b20-15-. The molecule has 32 heavy (non-hydrogen) atoms. The average molecular weight is 455 g/mol. The molecule has 3 heterocycles. The van der Waals surface area contributed by atoms with Crippen LogP contribution in [0.1, 0.15) is 52.1 Å². The Morgan fingerprint density at radius 1 is 1.22 bits per heavy atom. The molecule has 7 heteroatoms. The van der Waals surface area contributed by atoms with E-state index in [9.17, 15) is 9.59 Å². The van der Waals surface area contributed by atoms with Gasteiger partial charge in [-0.15, -0.1) is 0 Å². The number of fused-ring (bicyclic) bond motifs is 1. The molecule has 0 unspecified atom stereocenters. The zero-order valence-electron chi connectivity index (χ0n) is 19.3.